The molecule has 0 saturated carbocycles. The van der Waals surface area contributed by atoms with E-state index >= 15 is 0 Å². The number of hydrogen-bond acceptors (Lipinski definition) is 1. The van der Waals surface area contributed by atoms with Crippen LogP contribution in [-0.4, -0.2) is 4.57 Å². The molecule has 0 unspecified atom stereocenters. The Balaban J connectivity index is 1.82. The molecule has 2 nitrogen and oxygen atoms in total. The van der Waals surface area contributed by atoms with E-state index < -0.39 is 0 Å². The van der Waals surface area contributed by atoms with Crippen molar-refractivity contribution in [2.24, 2.45) is 0 Å². The lowest BCUT2D eigenvalue weighted by molar-refractivity contribution is 1.05. The number of benzene rings is 4. The summed E-state index contributed by atoms with van der Waals surface area (Å²) in [6.07, 6.45) is 4.29. The fraction of sp³-hybridized carbons (Fsp3) is 0.0690. The Bertz CT molecular complexity index is 1600. The molecule has 1 aliphatic rings. The van der Waals surface area contributed by atoms with E-state index in [-0.39, 0.29) is 0 Å². The van der Waals surface area contributed by atoms with E-state index in [0.29, 0.717) is 5.56 Å². The summed E-state index contributed by atoms with van der Waals surface area (Å²) in [6, 6.07) is 27.9. The van der Waals surface area contributed by atoms with Gasteiger partial charge in [0.2, 0.25) is 0 Å². The van der Waals surface area contributed by atoms with Gasteiger partial charge in [-0.3, -0.25) is 0 Å². The van der Waals surface area contributed by atoms with Crippen molar-refractivity contribution in [2.45, 2.75) is 13.8 Å². The highest BCUT2D eigenvalue weighted by Crippen LogP contribution is 2.51. The van der Waals surface area contributed by atoms with Gasteiger partial charge in [0.25, 0.3) is 0 Å². The van der Waals surface area contributed by atoms with Gasteiger partial charge in [0, 0.05) is 27.9 Å². The minimum Gasteiger partial charge on any atom is -0.313 e. The van der Waals surface area contributed by atoms with Crippen LogP contribution >= 0.6 is 0 Å². The standard InChI is InChI=1S/C29H20N2/c1-3-7-22-18(2)31(21-11-4-8-19(16-21)17-30)29-25(22)15-14-24-23-12-5-9-20-10-6-13-26(27(20)23)28(24)29/h3-16H,1-2H3/b7-3-. The summed E-state index contributed by atoms with van der Waals surface area (Å²) in [7, 11) is 0. The molecule has 0 radical (unpaired) electrons. The zero-order valence-electron chi connectivity index (χ0n) is 17.5. The van der Waals surface area contributed by atoms with Gasteiger partial charge < -0.3 is 4.57 Å². The first-order valence-electron chi connectivity index (χ1n) is 10.6. The highest BCUT2D eigenvalue weighted by Gasteiger charge is 2.27. The average molecular weight is 396 g/mol. The van der Waals surface area contributed by atoms with Crippen LogP contribution in [0, 0.1) is 18.3 Å². The molecule has 5 aromatic rings. The number of rotatable bonds is 2. The lowest BCUT2D eigenvalue weighted by Gasteiger charge is -2.13. The van der Waals surface area contributed by atoms with Gasteiger partial charge in [0.15, 0.2) is 0 Å². The van der Waals surface area contributed by atoms with Crippen molar-refractivity contribution in [1.29, 1.82) is 5.26 Å². The molecule has 0 spiro atoms. The third-order valence-corrected chi connectivity index (χ3v) is 6.45. The van der Waals surface area contributed by atoms with Crippen molar-refractivity contribution < 1.29 is 0 Å². The molecule has 0 aliphatic heterocycles. The van der Waals surface area contributed by atoms with Crippen molar-refractivity contribution in [3.05, 3.63) is 95.7 Å². The first-order valence-corrected chi connectivity index (χ1v) is 10.6. The Morgan fingerprint density at radius 2 is 1.65 bits per heavy atom. The highest BCUT2D eigenvalue weighted by molar-refractivity contribution is 6.21. The third kappa shape index (κ3) is 2.32. The van der Waals surface area contributed by atoms with Gasteiger partial charge in [-0.05, 0) is 59.5 Å². The maximum Gasteiger partial charge on any atom is 0.0992 e. The van der Waals surface area contributed by atoms with E-state index in [1.54, 1.807) is 0 Å². The summed E-state index contributed by atoms with van der Waals surface area (Å²) in [5.74, 6) is 0. The predicted molar refractivity (Wildman–Crippen MR) is 129 cm³/mol. The van der Waals surface area contributed by atoms with Gasteiger partial charge >= 0.3 is 0 Å². The fourth-order valence-electron chi connectivity index (χ4n) is 5.21. The van der Waals surface area contributed by atoms with Crippen LogP contribution in [0.3, 0.4) is 0 Å². The highest BCUT2D eigenvalue weighted by atomic mass is 15.0. The number of nitrogens with zero attached hydrogens (tertiary/aromatic N) is 2. The van der Waals surface area contributed by atoms with E-state index in [4.69, 9.17) is 0 Å². The third-order valence-electron chi connectivity index (χ3n) is 6.45. The fourth-order valence-corrected chi connectivity index (χ4v) is 5.21. The molecular weight excluding hydrogens is 376 g/mol. The zero-order valence-corrected chi connectivity index (χ0v) is 17.5. The van der Waals surface area contributed by atoms with Crippen molar-refractivity contribution in [1.82, 2.24) is 4.57 Å². The second-order valence-corrected chi connectivity index (χ2v) is 8.09. The summed E-state index contributed by atoms with van der Waals surface area (Å²) < 4.78 is 2.33. The molecule has 0 saturated heterocycles. The summed E-state index contributed by atoms with van der Waals surface area (Å²) in [5, 5.41) is 13.3. The Hall–Kier alpha value is -4.09. The molecule has 4 aromatic carbocycles. The molecule has 2 heteroatoms. The van der Waals surface area contributed by atoms with Gasteiger partial charge in [-0.25, -0.2) is 0 Å². The van der Waals surface area contributed by atoms with Gasteiger partial charge in [0.1, 0.15) is 0 Å². The Kier molecular flexibility index (Phi) is 3.69. The summed E-state index contributed by atoms with van der Waals surface area (Å²) in [5.41, 5.74) is 10.5. The molecule has 0 atom stereocenters. The average Bonchev–Trinajstić information content (AvgIpc) is 3.28. The van der Waals surface area contributed by atoms with Crippen molar-refractivity contribution in [2.75, 3.05) is 0 Å². The van der Waals surface area contributed by atoms with Gasteiger partial charge in [-0.15, -0.1) is 0 Å². The lowest BCUT2D eigenvalue weighted by atomic mass is 9.99. The molecule has 31 heavy (non-hydrogen) atoms. The van der Waals surface area contributed by atoms with E-state index in [0.717, 1.165) is 5.69 Å². The first kappa shape index (κ1) is 17.7. The van der Waals surface area contributed by atoms with Crippen LogP contribution in [-0.2, 0) is 0 Å². The van der Waals surface area contributed by atoms with Crippen LogP contribution < -0.4 is 0 Å². The summed E-state index contributed by atoms with van der Waals surface area (Å²) in [6.45, 7) is 4.23. The monoisotopic (exact) mass is 396 g/mol. The molecule has 0 amide bonds. The Labute approximate surface area is 181 Å². The number of nitriles is 1. The first-order chi connectivity index (χ1) is 15.2. The van der Waals surface area contributed by atoms with Crippen molar-refractivity contribution in [3.63, 3.8) is 0 Å². The number of allylic oxidation sites excluding steroid dienone is 1. The van der Waals surface area contributed by atoms with Gasteiger partial charge in [0.05, 0.1) is 17.1 Å². The molecule has 0 N–H and O–H groups in total. The van der Waals surface area contributed by atoms with Crippen molar-refractivity contribution in [3.8, 4) is 34.0 Å². The lowest BCUT2D eigenvalue weighted by Crippen LogP contribution is -1.98. The molecular formula is C29H20N2. The summed E-state index contributed by atoms with van der Waals surface area (Å²) >= 11 is 0. The normalized spacial score (nSPS) is 12.0. The van der Waals surface area contributed by atoms with E-state index in [9.17, 15) is 5.26 Å². The largest absolute Gasteiger partial charge is 0.313 e. The maximum atomic E-state index is 9.49. The predicted octanol–water partition coefficient (Wildman–Crippen LogP) is 7.64. The molecule has 1 aliphatic carbocycles. The second-order valence-electron chi connectivity index (χ2n) is 8.09. The Morgan fingerprint density at radius 1 is 0.871 bits per heavy atom. The molecule has 0 fully saturated rings. The maximum absolute atomic E-state index is 9.49. The van der Waals surface area contributed by atoms with Crippen LogP contribution in [0.15, 0.2) is 78.9 Å². The minimum atomic E-state index is 0.671. The van der Waals surface area contributed by atoms with Crippen LogP contribution in [0.5, 0.6) is 0 Å². The quantitative estimate of drug-likeness (QED) is 0.295. The smallest absolute Gasteiger partial charge is 0.0992 e. The van der Waals surface area contributed by atoms with Gasteiger partial charge in [-0.2, -0.15) is 5.26 Å². The van der Waals surface area contributed by atoms with Crippen LogP contribution in [0.4, 0.5) is 0 Å². The van der Waals surface area contributed by atoms with E-state index in [1.165, 1.54) is 55.2 Å². The van der Waals surface area contributed by atoms with Gasteiger partial charge in [-0.1, -0.05) is 66.7 Å². The Morgan fingerprint density at radius 3 is 2.42 bits per heavy atom. The summed E-state index contributed by atoms with van der Waals surface area (Å²) in [4.78, 5) is 0. The molecule has 146 valence electrons. The molecule has 0 bridgehead atoms. The molecule has 6 rings (SSSR count). The number of aromatic nitrogens is 1. The zero-order chi connectivity index (χ0) is 21.1. The topological polar surface area (TPSA) is 28.7 Å². The van der Waals surface area contributed by atoms with Crippen LogP contribution in [0.2, 0.25) is 0 Å². The second kappa shape index (κ2) is 6.45. The number of hydrogen-bond donors (Lipinski definition) is 0. The SMILES string of the molecule is C/C=C\c1c(C)n(-c2cccc(C#N)c2)c2c3c(ccc12)-c1cccc2cccc-3c12. The molecule has 1 aromatic heterocycles. The molecule has 1 heterocycles. The van der Waals surface area contributed by atoms with Crippen molar-refractivity contribution >= 4 is 27.8 Å². The number of fused-ring (bicyclic) bond motifs is 5. The van der Waals surface area contributed by atoms with E-state index in [1.807, 2.05) is 18.2 Å². The minimum absolute atomic E-state index is 0.671. The van der Waals surface area contributed by atoms with Crippen LogP contribution in [0.25, 0.3) is 55.7 Å². The van der Waals surface area contributed by atoms with Crippen LogP contribution in [0.1, 0.15) is 23.7 Å². The van der Waals surface area contributed by atoms with E-state index in [2.05, 4.69) is 91.2 Å².